The Morgan fingerprint density at radius 2 is 1.25 bits per heavy atom. The molecule has 0 saturated carbocycles. The number of phenols is 1. The zero-order valence-corrected chi connectivity index (χ0v) is 31.1. The zero-order valence-electron chi connectivity index (χ0n) is 31.1. The number of rotatable bonds is 8. The van der Waals surface area contributed by atoms with Crippen molar-refractivity contribution in [2.75, 3.05) is 0 Å². The second-order valence-electron chi connectivity index (χ2n) is 13.9. The molecule has 1 aromatic carbocycles. The van der Waals surface area contributed by atoms with Crippen LogP contribution >= 0.6 is 0 Å². The second-order valence-corrected chi connectivity index (χ2v) is 13.9. The summed E-state index contributed by atoms with van der Waals surface area (Å²) in [4.78, 5) is 106. The Kier molecular flexibility index (Phi) is 16.0. The quantitative estimate of drug-likeness (QED) is 0.152. The lowest BCUT2D eigenvalue weighted by Crippen LogP contribution is -2.61. The van der Waals surface area contributed by atoms with Crippen LogP contribution in [-0.4, -0.2) is 101 Å². The van der Waals surface area contributed by atoms with Crippen LogP contribution in [0.25, 0.3) is 0 Å². The number of ether oxygens (including phenoxy) is 1. The summed E-state index contributed by atoms with van der Waals surface area (Å²) in [7, 11) is 0. The maximum atomic E-state index is 14.1. The lowest BCUT2D eigenvalue weighted by Gasteiger charge is -2.30. The molecule has 0 radical (unpaired) electrons. The van der Waals surface area contributed by atoms with E-state index < -0.39 is 102 Å². The third kappa shape index (κ3) is 13.2. The van der Waals surface area contributed by atoms with Gasteiger partial charge in [0.15, 0.2) is 0 Å². The number of benzene rings is 1. The minimum atomic E-state index is -1.62. The molecule has 0 aliphatic carbocycles. The number of aromatic hydroxyl groups is 1. The minimum absolute atomic E-state index is 0.0416. The molecule has 8 unspecified atom stereocenters. The molecule has 1 aromatic rings. The van der Waals surface area contributed by atoms with E-state index in [2.05, 4.69) is 37.2 Å². The van der Waals surface area contributed by atoms with Crippen LogP contribution < -0.4 is 37.2 Å². The molecule has 7 amide bonds. The fourth-order valence-corrected chi connectivity index (χ4v) is 5.22. The topological polar surface area (TPSA) is 250 Å². The fourth-order valence-electron chi connectivity index (χ4n) is 5.22. The third-order valence-electron chi connectivity index (χ3n) is 8.24. The van der Waals surface area contributed by atoms with E-state index in [1.54, 1.807) is 13.8 Å². The van der Waals surface area contributed by atoms with Crippen LogP contribution in [0.1, 0.15) is 74.3 Å². The van der Waals surface area contributed by atoms with Gasteiger partial charge in [0.2, 0.25) is 41.4 Å². The zero-order chi connectivity index (χ0) is 39.4. The molecule has 1 fully saturated rings. The Morgan fingerprint density at radius 1 is 0.750 bits per heavy atom. The summed E-state index contributed by atoms with van der Waals surface area (Å²) in [6.07, 6.45) is -1.33. The van der Waals surface area contributed by atoms with E-state index in [9.17, 15) is 43.5 Å². The maximum Gasteiger partial charge on any atom is 0.329 e. The molecule has 1 aliphatic rings. The van der Waals surface area contributed by atoms with Crippen LogP contribution in [0.5, 0.6) is 5.75 Å². The van der Waals surface area contributed by atoms with E-state index in [1.165, 1.54) is 58.9 Å². The lowest BCUT2D eigenvalue weighted by molar-refractivity contribution is -0.157. The summed E-state index contributed by atoms with van der Waals surface area (Å²) in [5.74, 6) is -6.78. The molecule has 1 heterocycles. The fraction of sp³-hybridized carbons (Fsp3) is 0.600. The Bertz CT molecular complexity index is 1480. The minimum Gasteiger partial charge on any atom is -0.508 e. The van der Waals surface area contributed by atoms with Gasteiger partial charge in [-0.05, 0) is 63.6 Å². The van der Waals surface area contributed by atoms with Crippen molar-refractivity contribution in [2.24, 2.45) is 11.8 Å². The highest BCUT2D eigenvalue weighted by molar-refractivity contribution is 5.97. The molecular formula is C35H53N7O10. The SMILES string of the molecule is CC(=O)NC(CC(C)C)C(=O)NC1C(=O)NC(Cc2ccc(O)cc2)C(=O)NC(C)C(=O)NC(C)C(=O)NC(C)C(=O)NC(C(C)C)C(=O)OC1C. The smallest absolute Gasteiger partial charge is 0.329 e. The maximum absolute atomic E-state index is 14.1. The van der Waals surface area contributed by atoms with Gasteiger partial charge in [0.25, 0.3) is 0 Å². The first-order valence-electron chi connectivity index (χ1n) is 17.3. The first-order chi connectivity index (χ1) is 24.2. The molecule has 1 aliphatic heterocycles. The molecule has 0 spiro atoms. The van der Waals surface area contributed by atoms with Crippen LogP contribution in [0.2, 0.25) is 0 Å². The molecule has 52 heavy (non-hydrogen) atoms. The highest BCUT2D eigenvalue weighted by Gasteiger charge is 2.38. The van der Waals surface area contributed by atoms with Crippen molar-refractivity contribution >= 4 is 47.3 Å². The number of amides is 7. The number of carbonyl (C=O) groups is 8. The van der Waals surface area contributed by atoms with Crippen molar-refractivity contribution in [1.29, 1.82) is 0 Å². The third-order valence-corrected chi connectivity index (χ3v) is 8.24. The van der Waals surface area contributed by atoms with Gasteiger partial charge in [0.05, 0.1) is 0 Å². The highest BCUT2D eigenvalue weighted by atomic mass is 16.5. The monoisotopic (exact) mass is 731 g/mol. The van der Waals surface area contributed by atoms with Gasteiger partial charge in [-0.1, -0.05) is 39.8 Å². The van der Waals surface area contributed by atoms with Crippen molar-refractivity contribution in [3.63, 3.8) is 0 Å². The van der Waals surface area contributed by atoms with Crippen molar-refractivity contribution < 1.29 is 48.2 Å². The van der Waals surface area contributed by atoms with Gasteiger partial charge in [0.1, 0.15) is 54.1 Å². The van der Waals surface area contributed by atoms with Gasteiger partial charge >= 0.3 is 5.97 Å². The Balaban J connectivity index is 2.63. The second kappa shape index (κ2) is 19.4. The van der Waals surface area contributed by atoms with Gasteiger partial charge in [-0.2, -0.15) is 0 Å². The number of hydrogen-bond donors (Lipinski definition) is 8. The van der Waals surface area contributed by atoms with E-state index in [1.807, 2.05) is 13.8 Å². The van der Waals surface area contributed by atoms with E-state index in [-0.39, 0.29) is 24.5 Å². The van der Waals surface area contributed by atoms with E-state index in [0.29, 0.717) is 5.56 Å². The van der Waals surface area contributed by atoms with Crippen LogP contribution in [-0.2, 0) is 49.5 Å². The molecule has 2 rings (SSSR count). The normalized spacial score (nSPS) is 26.2. The van der Waals surface area contributed by atoms with Crippen molar-refractivity contribution in [3.05, 3.63) is 29.8 Å². The molecule has 0 bridgehead atoms. The van der Waals surface area contributed by atoms with E-state index >= 15 is 0 Å². The predicted octanol–water partition coefficient (Wildman–Crippen LogP) is -0.945. The summed E-state index contributed by atoms with van der Waals surface area (Å²) in [6.45, 7) is 13.6. The Morgan fingerprint density at radius 3 is 1.73 bits per heavy atom. The van der Waals surface area contributed by atoms with Gasteiger partial charge in [-0.3, -0.25) is 33.6 Å². The molecule has 288 valence electrons. The average Bonchev–Trinajstić information content (AvgIpc) is 3.04. The van der Waals surface area contributed by atoms with Gasteiger partial charge in [-0.25, -0.2) is 4.79 Å². The lowest BCUT2D eigenvalue weighted by atomic mass is 10.0. The molecular weight excluding hydrogens is 678 g/mol. The average molecular weight is 732 g/mol. The summed E-state index contributed by atoms with van der Waals surface area (Å²) in [6, 6.07) is -3.00. The van der Waals surface area contributed by atoms with Crippen LogP contribution in [0, 0.1) is 11.8 Å². The Labute approximate surface area is 303 Å². The molecule has 1 saturated heterocycles. The summed E-state index contributed by atoms with van der Waals surface area (Å²) in [5, 5.41) is 27.5. The number of cyclic esters (lactones) is 1. The van der Waals surface area contributed by atoms with Gasteiger partial charge < -0.3 is 47.1 Å². The van der Waals surface area contributed by atoms with Crippen LogP contribution in [0.4, 0.5) is 0 Å². The van der Waals surface area contributed by atoms with E-state index in [4.69, 9.17) is 4.74 Å². The first-order valence-corrected chi connectivity index (χ1v) is 17.3. The predicted molar refractivity (Wildman–Crippen MR) is 188 cm³/mol. The summed E-state index contributed by atoms with van der Waals surface area (Å²) < 4.78 is 5.68. The molecule has 17 heteroatoms. The highest BCUT2D eigenvalue weighted by Crippen LogP contribution is 2.14. The molecule has 0 aromatic heterocycles. The van der Waals surface area contributed by atoms with Crippen molar-refractivity contribution in [1.82, 2.24) is 37.2 Å². The van der Waals surface area contributed by atoms with Crippen molar-refractivity contribution in [2.45, 2.75) is 124 Å². The van der Waals surface area contributed by atoms with Gasteiger partial charge in [0, 0.05) is 13.3 Å². The van der Waals surface area contributed by atoms with E-state index in [0.717, 1.165) is 0 Å². The Hall–Kier alpha value is -5.22. The van der Waals surface area contributed by atoms with Gasteiger partial charge in [-0.15, -0.1) is 0 Å². The van der Waals surface area contributed by atoms with Crippen molar-refractivity contribution in [3.8, 4) is 5.75 Å². The standard InChI is InChI=1S/C35H53N7O10/c1-16(2)14-25(39-22(9)43)33(49)42-28-21(8)52-35(51)27(17(3)4)41-31(47)20(7)37-29(45)18(5)36-30(46)19(6)38-32(48)26(40-34(28)50)15-23-10-12-24(44)13-11-23/h10-13,16-21,25-28,44H,14-15H2,1-9H3,(H,36,46)(H,37,45)(H,38,48)(H,39,43)(H,40,50)(H,41,47)(H,42,49). The summed E-state index contributed by atoms with van der Waals surface area (Å²) in [5.41, 5.74) is 0.506. The first kappa shape index (κ1) is 42.9. The molecule has 8 atom stereocenters. The molecule has 8 N–H and O–H groups in total. The number of esters is 1. The van der Waals surface area contributed by atoms with Crippen LogP contribution in [0.15, 0.2) is 24.3 Å². The number of hydrogen-bond acceptors (Lipinski definition) is 10. The number of carbonyl (C=O) groups excluding carboxylic acids is 8. The summed E-state index contributed by atoms with van der Waals surface area (Å²) >= 11 is 0. The van der Waals surface area contributed by atoms with Crippen LogP contribution in [0.3, 0.4) is 0 Å². The molecule has 17 nitrogen and oxygen atoms in total. The number of nitrogens with one attached hydrogen (secondary N) is 7. The largest absolute Gasteiger partial charge is 0.508 e. The number of phenolic OH excluding ortho intramolecular Hbond substituents is 1.